The Balaban J connectivity index is 0.00000208. The van der Waals surface area contributed by atoms with E-state index in [1.165, 1.54) is 12.8 Å². The number of ether oxygens (including phenoxy) is 1. The van der Waals surface area contributed by atoms with Crippen molar-refractivity contribution in [2.24, 2.45) is 4.99 Å². The van der Waals surface area contributed by atoms with Gasteiger partial charge in [0, 0.05) is 32.2 Å². The first-order valence-electron chi connectivity index (χ1n) is 7.94. The molecule has 0 bridgehead atoms. The van der Waals surface area contributed by atoms with Gasteiger partial charge in [-0.1, -0.05) is 12.1 Å². The van der Waals surface area contributed by atoms with E-state index in [1.807, 2.05) is 12.1 Å². The van der Waals surface area contributed by atoms with Gasteiger partial charge in [-0.2, -0.15) is 8.78 Å². The Hall–Kier alpha value is -1.32. The monoisotopic (exact) mass is 452 g/mol. The summed E-state index contributed by atoms with van der Waals surface area (Å²) in [6.45, 7) is -1.29. The third-order valence-electron chi connectivity index (χ3n) is 4.09. The molecule has 1 atom stereocenters. The van der Waals surface area contributed by atoms with Crippen LogP contribution >= 0.6 is 24.0 Å². The van der Waals surface area contributed by atoms with Gasteiger partial charge in [-0.3, -0.25) is 4.99 Å². The number of alkyl halides is 2. The molecule has 1 saturated carbocycles. The van der Waals surface area contributed by atoms with Gasteiger partial charge < -0.3 is 20.3 Å². The van der Waals surface area contributed by atoms with Crippen molar-refractivity contribution < 1.29 is 13.5 Å². The molecule has 0 radical (unpaired) electrons. The summed E-state index contributed by atoms with van der Waals surface area (Å²) in [5.41, 5.74) is 0.710. The zero-order valence-electron chi connectivity index (χ0n) is 13.5. The Morgan fingerprint density at radius 2 is 1.92 bits per heavy atom. The van der Waals surface area contributed by atoms with Gasteiger partial charge in [-0.05, 0) is 31.4 Å². The van der Waals surface area contributed by atoms with Crippen molar-refractivity contribution in [1.82, 2.24) is 10.6 Å². The third kappa shape index (κ3) is 5.09. The molecule has 2 fully saturated rings. The molecule has 1 aliphatic heterocycles. The Morgan fingerprint density at radius 3 is 2.58 bits per heavy atom. The largest absolute Gasteiger partial charge is 0.433 e. The second-order valence-corrected chi connectivity index (χ2v) is 5.91. The van der Waals surface area contributed by atoms with Crippen molar-refractivity contribution in [3.8, 4) is 5.75 Å². The highest BCUT2D eigenvalue weighted by atomic mass is 127. The van der Waals surface area contributed by atoms with E-state index in [0.29, 0.717) is 11.7 Å². The van der Waals surface area contributed by atoms with Gasteiger partial charge in [0.15, 0.2) is 5.96 Å². The first-order chi connectivity index (χ1) is 11.2. The maximum absolute atomic E-state index is 12.5. The summed E-state index contributed by atoms with van der Waals surface area (Å²) >= 11 is 0. The molecule has 3 rings (SSSR count). The summed E-state index contributed by atoms with van der Waals surface area (Å²) < 4.78 is 29.7. The number of halogens is 3. The van der Waals surface area contributed by atoms with Gasteiger partial charge in [-0.25, -0.2) is 0 Å². The second kappa shape index (κ2) is 8.68. The Labute approximate surface area is 157 Å². The SMILES string of the molecule is CN=C(NC1CC1)NC1CCN(c2ccccc2OC(F)F)C1.I. The highest BCUT2D eigenvalue weighted by Crippen LogP contribution is 2.31. The number of aliphatic imine (C=N–C) groups is 1. The first kappa shape index (κ1) is 19.0. The fourth-order valence-electron chi connectivity index (χ4n) is 2.80. The molecule has 1 aromatic carbocycles. The third-order valence-corrected chi connectivity index (χ3v) is 4.09. The van der Waals surface area contributed by atoms with E-state index in [9.17, 15) is 8.78 Å². The minimum absolute atomic E-state index is 0. The molecule has 8 heteroatoms. The standard InChI is InChI=1S/C16H22F2N4O.HI/c1-19-16(20-11-6-7-11)21-12-8-9-22(10-12)13-4-2-3-5-14(13)23-15(17)18;/h2-5,11-12,15H,6-10H2,1H3,(H2,19,20,21);1H. The summed E-state index contributed by atoms with van der Waals surface area (Å²) in [4.78, 5) is 6.31. The topological polar surface area (TPSA) is 48.9 Å². The normalized spacial score (nSPS) is 20.8. The molecule has 2 N–H and O–H groups in total. The van der Waals surface area contributed by atoms with E-state index in [2.05, 4.69) is 25.3 Å². The maximum atomic E-state index is 12.5. The van der Waals surface area contributed by atoms with Crippen LogP contribution in [0.3, 0.4) is 0 Å². The van der Waals surface area contributed by atoms with Crippen LogP contribution in [0, 0.1) is 0 Å². The van der Waals surface area contributed by atoms with Crippen LogP contribution < -0.4 is 20.3 Å². The van der Waals surface area contributed by atoms with Crippen LogP contribution in [0.15, 0.2) is 29.3 Å². The number of hydrogen-bond acceptors (Lipinski definition) is 3. The van der Waals surface area contributed by atoms with Gasteiger partial charge in [0.2, 0.25) is 0 Å². The minimum Gasteiger partial charge on any atom is -0.433 e. The van der Waals surface area contributed by atoms with Crippen LogP contribution in [0.1, 0.15) is 19.3 Å². The quantitative estimate of drug-likeness (QED) is 0.410. The van der Waals surface area contributed by atoms with E-state index in [0.717, 1.165) is 25.5 Å². The van der Waals surface area contributed by atoms with Crippen molar-refractivity contribution in [2.45, 2.75) is 38.0 Å². The molecule has 1 aromatic rings. The lowest BCUT2D eigenvalue weighted by Crippen LogP contribution is -2.45. The first-order valence-corrected chi connectivity index (χ1v) is 7.94. The van der Waals surface area contributed by atoms with Gasteiger partial charge in [-0.15, -0.1) is 24.0 Å². The van der Waals surface area contributed by atoms with Gasteiger partial charge >= 0.3 is 6.61 Å². The average molecular weight is 452 g/mol. The van der Waals surface area contributed by atoms with Crippen LogP contribution in [-0.4, -0.2) is 44.8 Å². The zero-order chi connectivity index (χ0) is 16.2. The highest BCUT2D eigenvalue weighted by molar-refractivity contribution is 14.0. The number of para-hydroxylation sites is 2. The maximum Gasteiger partial charge on any atom is 0.387 e. The van der Waals surface area contributed by atoms with E-state index in [-0.39, 0.29) is 35.8 Å². The molecule has 5 nitrogen and oxygen atoms in total. The number of benzene rings is 1. The van der Waals surface area contributed by atoms with Crippen molar-refractivity contribution in [3.05, 3.63) is 24.3 Å². The molecule has 0 spiro atoms. The summed E-state index contributed by atoms with van der Waals surface area (Å²) in [5.74, 6) is 1.04. The van der Waals surface area contributed by atoms with Gasteiger partial charge in [0.1, 0.15) is 5.75 Å². The fraction of sp³-hybridized carbons (Fsp3) is 0.562. The van der Waals surface area contributed by atoms with Crippen LogP contribution in [0.25, 0.3) is 0 Å². The molecule has 0 aromatic heterocycles. The molecule has 1 unspecified atom stereocenters. The van der Waals surface area contributed by atoms with Crippen molar-refractivity contribution in [3.63, 3.8) is 0 Å². The van der Waals surface area contributed by atoms with Gasteiger partial charge in [0.25, 0.3) is 0 Å². The predicted octanol–water partition coefficient (Wildman–Crippen LogP) is 2.81. The van der Waals surface area contributed by atoms with Crippen LogP contribution in [-0.2, 0) is 0 Å². The molecular weight excluding hydrogens is 429 g/mol. The van der Waals surface area contributed by atoms with Crippen LogP contribution in [0.4, 0.5) is 14.5 Å². The fourth-order valence-corrected chi connectivity index (χ4v) is 2.80. The van der Waals surface area contributed by atoms with E-state index in [4.69, 9.17) is 0 Å². The van der Waals surface area contributed by atoms with Crippen molar-refractivity contribution >= 4 is 35.6 Å². The van der Waals surface area contributed by atoms with E-state index < -0.39 is 6.61 Å². The number of nitrogens with one attached hydrogen (secondary N) is 2. The lowest BCUT2D eigenvalue weighted by atomic mass is 10.2. The molecule has 2 aliphatic rings. The summed E-state index contributed by atoms with van der Waals surface area (Å²) in [6, 6.07) is 7.71. The number of nitrogens with zero attached hydrogens (tertiary/aromatic N) is 2. The predicted molar refractivity (Wildman–Crippen MR) is 102 cm³/mol. The van der Waals surface area contributed by atoms with Gasteiger partial charge in [0.05, 0.1) is 5.69 Å². The van der Waals surface area contributed by atoms with Crippen LogP contribution in [0.2, 0.25) is 0 Å². The van der Waals surface area contributed by atoms with E-state index in [1.54, 1.807) is 19.2 Å². The molecular formula is C16H23F2IN4O. The number of rotatable bonds is 5. The molecule has 1 heterocycles. The molecule has 0 amide bonds. The summed E-state index contributed by atoms with van der Waals surface area (Å²) in [5, 5.41) is 6.76. The summed E-state index contributed by atoms with van der Waals surface area (Å²) in [6.07, 6.45) is 3.31. The van der Waals surface area contributed by atoms with Crippen LogP contribution in [0.5, 0.6) is 5.75 Å². The minimum atomic E-state index is -2.81. The zero-order valence-corrected chi connectivity index (χ0v) is 15.9. The lowest BCUT2D eigenvalue weighted by molar-refractivity contribution is -0.0495. The number of anilines is 1. The molecule has 24 heavy (non-hydrogen) atoms. The van der Waals surface area contributed by atoms with Crippen molar-refractivity contribution in [2.75, 3.05) is 25.0 Å². The second-order valence-electron chi connectivity index (χ2n) is 5.91. The van der Waals surface area contributed by atoms with E-state index >= 15 is 0 Å². The van der Waals surface area contributed by atoms with Crippen molar-refractivity contribution in [1.29, 1.82) is 0 Å². The Bertz CT molecular complexity index is 569. The number of hydrogen-bond donors (Lipinski definition) is 2. The number of guanidine groups is 1. The summed E-state index contributed by atoms with van der Waals surface area (Å²) in [7, 11) is 1.76. The Kier molecular flexibility index (Phi) is 6.88. The average Bonchev–Trinajstić information content (AvgIpc) is 3.23. The Morgan fingerprint density at radius 1 is 1.21 bits per heavy atom. The molecule has 1 aliphatic carbocycles. The molecule has 134 valence electrons. The lowest BCUT2D eigenvalue weighted by Gasteiger charge is -2.22. The smallest absolute Gasteiger partial charge is 0.387 e. The molecule has 1 saturated heterocycles. The highest BCUT2D eigenvalue weighted by Gasteiger charge is 2.28.